The Morgan fingerprint density at radius 1 is 1.15 bits per heavy atom. The van der Waals surface area contributed by atoms with Gasteiger partial charge in [-0.15, -0.1) is 0 Å². The van der Waals surface area contributed by atoms with Crippen LogP contribution < -0.4 is 10.5 Å². The molecule has 0 spiro atoms. The molecule has 0 unspecified atom stereocenters. The molecule has 2 rings (SSSR count). The molecule has 0 saturated heterocycles. The molecule has 3 nitrogen and oxygen atoms in total. The summed E-state index contributed by atoms with van der Waals surface area (Å²) in [6.45, 7) is 3.14. The molecule has 0 bridgehead atoms. The SMILES string of the molecule is Cc1cc(Br)cc(CCN)c1OCc1cncc(Br)c1. The molecule has 1 aromatic heterocycles. The third kappa shape index (κ3) is 4.04. The smallest absolute Gasteiger partial charge is 0.126 e. The van der Waals surface area contributed by atoms with E-state index >= 15 is 0 Å². The van der Waals surface area contributed by atoms with Crippen LogP contribution in [0.5, 0.6) is 5.75 Å². The highest BCUT2D eigenvalue weighted by Gasteiger charge is 2.09. The molecule has 0 radical (unpaired) electrons. The number of benzene rings is 1. The van der Waals surface area contributed by atoms with Crippen molar-refractivity contribution in [3.63, 3.8) is 0 Å². The van der Waals surface area contributed by atoms with Crippen LogP contribution in [0.3, 0.4) is 0 Å². The number of aryl methyl sites for hydroxylation is 1. The molecule has 1 aromatic carbocycles. The van der Waals surface area contributed by atoms with Crippen LogP contribution in [0.15, 0.2) is 39.5 Å². The fourth-order valence-electron chi connectivity index (χ4n) is 2.04. The standard InChI is InChI=1S/C15H16Br2N2O/c1-10-4-13(16)6-12(2-3-18)15(10)20-9-11-5-14(17)8-19-7-11/h4-8H,2-3,9,18H2,1H3. The number of nitrogens with two attached hydrogens (primary N) is 1. The second kappa shape index (κ2) is 7.20. The zero-order valence-electron chi connectivity index (χ0n) is 11.2. The fraction of sp³-hybridized carbons (Fsp3) is 0.267. The number of hydrogen-bond acceptors (Lipinski definition) is 3. The second-order valence-electron chi connectivity index (χ2n) is 4.55. The highest BCUT2D eigenvalue weighted by atomic mass is 79.9. The van der Waals surface area contributed by atoms with Gasteiger partial charge < -0.3 is 10.5 Å². The number of rotatable bonds is 5. The summed E-state index contributed by atoms with van der Waals surface area (Å²) in [7, 11) is 0. The van der Waals surface area contributed by atoms with Gasteiger partial charge in [-0.25, -0.2) is 0 Å². The van der Waals surface area contributed by atoms with E-state index in [0.717, 1.165) is 37.8 Å². The number of aromatic nitrogens is 1. The van der Waals surface area contributed by atoms with Gasteiger partial charge in [0, 0.05) is 26.9 Å². The quantitative estimate of drug-likeness (QED) is 0.826. The molecule has 106 valence electrons. The van der Waals surface area contributed by atoms with Crippen molar-refractivity contribution in [2.75, 3.05) is 6.54 Å². The van der Waals surface area contributed by atoms with E-state index in [1.54, 1.807) is 6.20 Å². The maximum Gasteiger partial charge on any atom is 0.126 e. The minimum absolute atomic E-state index is 0.493. The van der Waals surface area contributed by atoms with Crippen LogP contribution in [0.1, 0.15) is 16.7 Å². The van der Waals surface area contributed by atoms with Crippen molar-refractivity contribution in [1.29, 1.82) is 0 Å². The molecule has 0 aliphatic rings. The molecule has 5 heteroatoms. The van der Waals surface area contributed by atoms with Gasteiger partial charge in [0.2, 0.25) is 0 Å². The lowest BCUT2D eigenvalue weighted by molar-refractivity contribution is 0.300. The summed E-state index contributed by atoms with van der Waals surface area (Å²) < 4.78 is 7.98. The normalized spacial score (nSPS) is 10.6. The third-order valence-electron chi connectivity index (χ3n) is 2.87. The first-order chi connectivity index (χ1) is 9.60. The molecule has 20 heavy (non-hydrogen) atoms. The Bertz CT molecular complexity index is 602. The van der Waals surface area contributed by atoms with Gasteiger partial charge in [0.1, 0.15) is 12.4 Å². The summed E-state index contributed by atoms with van der Waals surface area (Å²) in [6, 6.07) is 6.12. The summed E-state index contributed by atoms with van der Waals surface area (Å²) >= 11 is 6.92. The van der Waals surface area contributed by atoms with Crippen molar-refractivity contribution in [3.8, 4) is 5.75 Å². The van der Waals surface area contributed by atoms with E-state index in [-0.39, 0.29) is 0 Å². The van der Waals surface area contributed by atoms with Gasteiger partial charge >= 0.3 is 0 Å². The van der Waals surface area contributed by atoms with Crippen molar-refractivity contribution >= 4 is 31.9 Å². The van der Waals surface area contributed by atoms with Crippen LogP contribution in [-0.2, 0) is 13.0 Å². The molecule has 1 heterocycles. The van der Waals surface area contributed by atoms with Crippen LogP contribution >= 0.6 is 31.9 Å². The van der Waals surface area contributed by atoms with Gasteiger partial charge in [-0.3, -0.25) is 4.98 Å². The van der Waals surface area contributed by atoms with E-state index in [1.165, 1.54) is 0 Å². The van der Waals surface area contributed by atoms with Crippen LogP contribution in [0.4, 0.5) is 0 Å². The van der Waals surface area contributed by atoms with E-state index in [4.69, 9.17) is 10.5 Å². The minimum atomic E-state index is 0.493. The van der Waals surface area contributed by atoms with Gasteiger partial charge in [0.15, 0.2) is 0 Å². The Balaban J connectivity index is 2.20. The Morgan fingerprint density at radius 3 is 2.65 bits per heavy atom. The zero-order valence-corrected chi connectivity index (χ0v) is 14.4. The van der Waals surface area contributed by atoms with Gasteiger partial charge in [0.25, 0.3) is 0 Å². The molecule has 0 amide bonds. The molecular formula is C15H16Br2N2O. The topological polar surface area (TPSA) is 48.1 Å². The van der Waals surface area contributed by atoms with Gasteiger partial charge in [0.05, 0.1) is 0 Å². The van der Waals surface area contributed by atoms with Crippen molar-refractivity contribution in [2.45, 2.75) is 20.0 Å². The van der Waals surface area contributed by atoms with Crippen molar-refractivity contribution in [2.24, 2.45) is 5.73 Å². The lowest BCUT2D eigenvalue weighted by Gasteiger charge is -2.14. The van der Waals surface area contributed by atoms with Crippen LogP contribution in [0.25, 0.3) is 0 Å². The number of hydrogen-bond donors (Lipinski definition) is 1. The largest absolute Gasteiger partial charge is 0.488 e. The number of nitrogens with zero attached hydrogens (tertiary/aromatic N) is 1. The van der Waals surface area contributed by atoms with Crippen LogP contribution in [-0.4, -0.2) is 11.5 Å². The van der Waals surface area contributed by atoms with E-state index in [2.05, 4.69) is 49.0 Å². The lowest BCUT2D eigenvalue weighted by atomic mass is 10.1. The van der Waals surface area contributed by atoms with Crippen LogP contribution in [0.2, 0.25) is 0 Å². The van der Waals surface area contributed by atoms with E-state index in [1.807, 2.05) is 19.2 Å². The maximum atomic E-state index is 5.98. The Hall–Kier alpha value is -0.910. The van der Waals surface area contributed by atoms with Gasteiger partial charge in [-0.05, 0) is 65.1 Å². The second-order valence-corrected chi connectivity index (χ2v) is 6.38. The summed E-state index contributed by atoms with van der Waals surface area (Å²) in [5, 5.41) is 0. The number of halogens is 2. The summed E-state index contributed by atoms with van der Waals surface area (Å²) in [6.07, 6.45) is 4.36. The fourth-order valence-corrected chi connectivity index (χ4v) is 3.07. The zero-order chi connectivity index (χ0) is 14.5. The molecule has 0 saturated carbocycles. The third-order valence-corrected chi connectivity index (χ3v) is 3.77. The van der Waals surface area contributed by atoms with E-state index in [0.29, 0.717) is 13.2 Å². The average Bonchev–Trinajstić information content (AvgIpc) is 2.38. The van der Waals surface area contributed by atoms with E-state index < -0.39 is 0 Å². The average molecular weight is 400 g/mol. The number of pyridine rings is 1. The molecule has 2 N–H and O–H groups in total. The first-order valence-corrected chi connectivity index (χ1v) is 7.90. The Kier molecular flexibility index (Phi) is 5.57. The maximum absolute atomic E-state index is 5.98. The minimum Gasteiger partial charge on any atom is -0.488 e. The highest BCUT2D eigenvalue weighted by molar-refractivity contribution is 9.10. The van der Waals surface area contributed by atoms with Gasteiger partial charge in [-0.2, -0.15) is 0 Å². The molecule has 0 atom stereocenters. The monoisotopic (exact) mass is 398 g/mol. The predicted molar refractivity (Wildman–Crippen MR) is 87.9 cm³/mol. The van der Waals surface area contributed by atoms with Crippen LogP contribution in [0, 0.1) is 6.92 Å². The van der Waals surface area contributed by atoms with Gasteiger partial charge in [-0.1, -0.05) is 15.9 Å². The lowest BCUT2D eigenvalue weighted by Crippen LogP contribution is -2.07. The van der Waals surface area contributed by atoms with Crippen molar-refractivity contribution in [1.82, 2.24) is 4.98 Å². The molecule has 2 aromatic rings. The first-order valence-electron chi connectivity index (χ1n) is 6.31. The molecule has 0 aliphatic carbocycles. The first kappa shape index (κ1) is 15.5. The molecule has 0 aliphatic heterocycles. The number of ether oxygens (including phenoxy) is 1. The summed E-state index contributed by atoms with van der Waals surface area (Å²) in [4.78, 5) is 4.14. The Morgan fingerprint density at radius 2 is 1.95 bits per heavy atom. The highest BCUT2D eigenvalue weighted by Crippen LogP contribution is 2.29. The summed E-state index contributed by atoms with van der Waals surface area (Å²) in [5.41, 5.74) is 8.93. The molecular weight excluding hydrogens is 384 g/mol. The predicted octanol–water partition coefficient (Wildman–Crippen LogP) is 4.00. The van der Waals surface area contributed by atoms with Crippen molar-refractivity contribution in [3.05, 3.63) is 56.2 Å². The van der Waals surface area contributed by atoms with Crippen molar-refractivity contribution < 1.29 is 4.74 Å². The van der Waals surface area contributed by atoms with E-state index in [9.17, 15) is 0 Å². The summed E-state index contributed by atoms with van der Waals surface area (Å²) in [5.74, 6) is 0.915. The molecule has 0 fully saturated rings. The Labute approximate surface area is 135 Å².